The zero-order valence-corrected chi connectivity index (χ0v) is 17.9. The van der Waals surface area contributed by atoms with Gasteiger partial charge >= 0.3 is 0 Å². The molecular weight excluding hydrogens is 392 g/mol. The molecule has 0 spiro atoms. The van der Waals surface area contributed by atoms with E-state index in [0.29, 0.717) is 11.8 Å². The number of rotatable bonds is 4. The number of hydrogen-bond donors (Lipinski definition) is 0. The zero-order valence-electron chi connectivity index (χ0n) is 17.1. The molecule has 0 saturated heterocycles. The van der Waals surface area contributed by atoms with Gasteiger partial charge in [-0.3, -0.25) is 0 Å². The van der Waals surface area contributed by atoms with Crippen molar-refractivity contribution in [1.82, 2.24) is 0 Å². The summed E-state index contributed by atoms with van der Waals surface area (Å²) in [6.07, 6.45) is 4.78. The molecule has 2 atom stereocenters. The molecule has 0 bridgehead atoms. The fourth-order valence-corrected chi connectivity index (χ4v) is 6.29. The van der Waals surface area contributed by atoms with Crippen molar-refractivity contribution in [1.29, 1.82) is 0 Å². The largest absolute Gasteiger partial charge is 0.0969 e. The van der Waals surface area contributed by atoms with E-state index in [1.54, 1.807) is 0 Å². The first-order valence-electron chi connectivity index (χ1n) is 10.8. The van der Waals surface area contributed by atoms with Crippen LogP contribution in [0.5, 0.6) is 0 Å². The first-order chi connectivity index (χ1) is 15.4. The molecule has 0 heterocycles. The Balaban J connectivity index is 1.43. The molecule has 0 aliphatic heterocycles. The average Bonchev–Trinajstić information content (AvgIpc) is 3.38. The molecule has 2 aliphatic rings. The summed E-state index contributed by atoms with van der Waals surface area (Å²) in [4.78, 5) is 2.82. The van der Waals surface area contributed by atoms with Gasteiger partial charge in [0, 0.05) is 21.6 Å². The van der Waals surface area contributed by atoms with Crippen molar-refractivity contribution in [2.75, 3.05) is 0 Å². The molecule has 0 saturated carbocycles. The summed E-state index contributed by atoms with van der Waals surface area (Å²) in [5.41, 5.74) is 8.21. The first kappa shape index (κ1) is 18.5. The summed E-state index contributed by atoms with van der Waals surface area (Å²) in [5, 5.41) is 0. The van der Waals surface area contributed by atoms with E-state index in [1.165, 1.54) is 43.2 Å². The normalized spacial score (nSPS) is 18.8. The number of fused-ring (bicyclic) bond motifs is 2. The van der Waals surface area contributed by atoms with E-state index in [-0.39, 0.29) is 0 Å². The highest BCUT2D eigenvalue weighted by Crippen LogP contribution is 2.54. The smallest absolute Gasteiger partial charge is 0.0409 e. The van der Waals surface area contributed by atoms with Crippen LogP contribution in [0.25, 0.3) is 12.2 Å². The van der Waals surface area contributed by atoms with Gasteiger partial charge in [-0.2, -0.15) is 0 Å². The van der Waals surface area contributed by atoms with Crippen molar-refractivity contribution >= 4 is 23.9 Å². The molecule has 4 aromatic carbocycles. The number of hydrogen-bond acceptors (Lipinski definition) is 1. The number of benzene rings is 4. The monoisotopic (exact) mass is 414 g/mol. The fraction of sp³-hybridized carbons (Fsp3) is 0.0667. The summed E-state index contributed by atoms with van der Waals surface area (Å²) < 4.78 is 0. The molecule has 1 heteroatoms. The second-order valence-corrected chi connectivity index (χ2v) is 9.29. The van der Waals surface area contributed by atoms with Crippen molar-refractivity contribution in [2.45, 2.75) is 11.8 Å². The van der Waals surface area contributed by atoms with Crippen LogP contribution in [-0.4, -0.2) is 0 Å². The molecule has 31 heavy (non-hydrogen) atoms. The zero-order chi connectivity index (χ0) is 20.6. The number of thioether (sulfide) groups is 1. The third-order valence-electron chi connectivity index (χ3n) is 6.28. The fourth-order valence-electron chi connectivity index (χ4n) is 4.88. The predicted octanol–water partition coefficient (Wildman–Crippen LogP) is 8.09. The standard InChI is InChI=1S/C30H22S/c1-3-11-21(12-4-1)29-25-17-9-7-15-23(25)19-27(29)31-28-20-24-16-8-10-18-26(24)30(28)22-13-5-2-6-14-22/h1-20,29-30H. The molecule has 0 amide bonds. The maximum Gasteiger partial charge on any atom is 0.0409 e. The second kappa shape index (κ2) is 7.76. The minimum absolute atomic E-state index is 0.295. The highest BCUT2D eigenvalue weighted by Gasteiger charge is 2.32. The Hall–Kier alpha value is -3.29. The van der Waals surface area contributed by atoms with Gasteiger partial charge in [0.25, 0.3) is 0 Å². The lowest BCUT2D eigenvalue weighted by Gasteiger charge is -2.21. The molecular formula is C30H22S. The van der Waals surface area contributed by atoms with Gasteiger partial charge in [-0.1, -0.05) is 121 Å². The molecule has 0 aromatic heterocycles. The van der Waals surface area contributed by atoms with Crippen LogP contribution in [0.3, 0.4) is 0 Å². The average molecular weight is 415 g/mol. The lowest BCUT2D eigenvalue weighted by molar-refractivity contribution is 1.02. The lowest BCUT2D eigenvalue weighted by atomic mass is 9.93. The third kappa shape index (κ3) is 3.26. The summed E-state index contributed by atoms with van der Waals surface area (Å²) in [5.74, 6) is 0.590. The van der Waals surface area contributed by atoms with E-state index in [1.807, 2.05) is 11.8 Å². The minimum atomic E-state index is 0.295. The van der Waals surface area contributed by atoms with Gasteiger partial charge in [-0.05, 0) is 45.5 Å². The molecule has 0 fully saturated rings. The predicted molar refractivity (Wildman–Crippen MR) is 133 cm³/mol. The van der Waals surface area contributed by atoms with Crippen molar-refractivity contribution in [2.24, 2.45) is 0 Å². The van der Waals surface area contributed by atoms with Crippen LogP contribution in [0.4, 0.5) is 0 Å². The Kier molecular flexibility index (Phi) is 4.62. The van der Waals surface area contributed by atoms with Crippen LogP contribution in [0.15, 0.2) is 119 Å². The molecule has 0 radical (unpaired) electrons. The van der Waals surface area contributed by atoms with Crippen LogP contribution in [0.2, 0.25) is 0 Å². The summed E-state index contributed by atoms with van der Waals surface area (Å²) >= 11 is 1.96. The van der Waals surface area contributed by atoms with Crippen LogP contribution in [0, 0.1) is 0 Å². The Labute approximate surface area is 188 Å². The van der Waals surface area contributed by atoms with Crippen LogP contribution < -0.4 is 0 Å². The van der Waals surface area contributed by atoms with E-state index in [9.17, 15) is 0 Å². The summed E-state index contributed by atoms with van der Waals surface area (Å²) in [6.45, 7) is 0. The van der Waals surface area contributed by atoms with Crippen LogP contribution in [-0.2, 0) is 0 Å². The third-order valence-corrected chi connectivity index (χ3v) is 7.46. The van der Waals surface area contributed by atoms with Crippen LogP contribution in [0.1, 0.15) is 45.2 Å². The van der Waals surface area contributed by atoms with Crippen molar-refractivity contribution in [3.05, 3.63) is 152 Å². The van der Waals surface area contributed by atoms with E-state index >= 15 is 0 Å². The van der Waals surface area contributed by atoms with Gasteiger partial charge in [0.1, 0.15) is 0 Å². The summed E-state index contributed by atoms with van der Waals surface area (Å²) in [6, 6.07) is 39.5. The molecule has 0 nitrogen and oxygen atoms in total. The Morgan fingerprint density at radius 3 is 1.26 bits per heavy atom. The molecule has 0 N–H and O–H groups in total. The van der Waals surface area contributed by atoms with Gasteiger partial charge in [-0.15, -0.1) is 0 Å². The van der Waals surface area contributed by atoms with Gasteiger partial charge in [-0.25, -0.2) is 0 Å². The van der Waals surface area contributed by atoms with E-state index in [0.717, 1.165) is 0 Å². The van der Waals surface area contributed by atoms with Gasteiger partial charge < -0.3 is 0 Å². The molecule has 2 unspecified atom stereocenters. The Bertz CT molecular complexity index is 1200. The second-order valence-electron chi connectivity index (χ2n) is 8.14. The van der Waals surface area contributed by atoms with Gasteiger partial charge in [0.2, 0.25) is 0 Å². The highest BCUT2D eigenvalue weighted by molar-refractivity contribution is 8.07. The van der Waals surface area contributed by atoms with E-state index < -0.39 is 0 Å². The van der Waals surface area contributed by atoms with Crippen molar-refractivity contribution in [3.8, 4) is 0 Å². The summed E-state index contributed by atoms with van der Waals surface area (Å²) in [7, 11) is 0. The highest BCUT2D eigenvalue weighted by atomic mass is 32.2. The van der Waals surface area contributed by atoms with Crippen molar-refractivity contribution in [3.63, 3.8) is 0 Å². The molecule has 148 valence electrons. The lowest BCUT2D eigenvalue weighted by Crippen LogP contribution is -2.02. The SMILES string of the molecule is C1=C(SC2=Cc3ccccc3C2c2ccccc2)C(c2ccccc2)c2ccccc21. The Morgan fingerprint density at radius 2 is 0.806 bits per heavy atom. The van der Waals surface area contributed by atoms with E-state index in [4.69, 9.17) is 0 Å². The molecule has 4 aromatic rings. The molecule has 6 rings (SSSR count). The van der Waals surface area contributed by atoms with Crippen LogP contribution >= 0.6 is 11.8 Å². The van der Waals surface area contributed by atoms with E-state index in [2.05, 4.69) is 121 Å². The maximum absolute atomic E-state index is 2.39. The van der Waals surface area contributed by atoms with Crippen molar-refractivity contribution < 1.29 is 0 Å². The number of allylic oxidation sites excluding steroid dienone is 2. The first-order valence-corrected chi connectivity index (χ1v) is 11.6. The minimum Gasteiger partial charge on any atom is -0.0969 e. The topological polar surface area (TPSA) is 0 Å². The maximum atomic E-state index is 2.39. The quantitative estimate of drug-likeness (QED) is 0.325. The van der Waals surface area contributed by atoms with Gasteiger partial charge in [0.15, 0.2) is 0 Å². The Morgan fingerprint density at radius 1 is 0.419 bits per heavy atom. The van der Waals surface area contributed by atoms with Gasteiger partial charge in [0.05, 0.1) is 0 Å². The molecule has 2 aliphatic carbocycles.